The van der Waals surface area contributed by atoms with Crippen LogP contribution in [0.1, 0.15) is 11.3 Å². The van der Waals surface area contributed by atoms with Gasteiger partial charge in [-0.25, -0.2) is 4.37 Å². The van der Waals surface area contributed by atoms with E-state index in [4.69, 9.17) is 0 Å². The molecule has 17 heavy (non-hydrogen) atoms. The monoisotopic (exact) mass is 249 g/mol. The Kier molecular flexibility index (Phi) is 3.34. The van der Waals surface area contributed by atoms with Gasteiger partial charge in [-0.3, -0.25) is 9.59 Å². The molecule has 0 aliphatic heterocycles. The van der Waals surface area contributed by atoms with Gasteiger partial charge in [0.2, 0.25) is 6.41 Å². The highest BCUT2D eigenvalue weighted by atomic mass is 32.1. The van der Waals surface area contributed by atoms with Gasteiger partial charge in [0.25, 0.3) is 0 Å². The highest BCUT2D eigenvalue weighted by molar-refractivity contribution is 7.09. The average Bonchev–Trinajstić information content (AvgIpc) is 2.80. The van der Waals surface area contributed by atoms with Crippen molar-refractivity contribution >= 4 is 17.9 Å². The fourth-order valence-electron chi connectivity index (χ4n) is 1.59. The second kappa shape index (κ2) is 4.92. The first-order valence-corrected chi connectivity index (χ1v) is 5.80. The van der Waals surface area contributed by atoms with Gasteiger partial charge in [-0.05, 0) is 24.5 Å². The predicted molar refractivity (Wildman–Crippen MR) is 65.8 cm³/mol. The molecule has 0 saturated carbocycles. The normalized spacial score (nSPS) is 10.2. The number of pyridine rings is 1. The molecule has 0 fully saturated rings. The summed E-state index contributed by atoms with van der Waals surface area (Å²) in [4.78, 5) is 26.2. The molecular formula is C11H11N3O2S. The van der Waals surface area contributed by atoms with Crippen molar-refractivity contribution in [1.29, 1.82) is 0 Å². The smallest absolute Gasteiger partial charge is 0.207 e. The molecule has 88 valence electrons. The lowest BCUT2D eigenvalue weighted by Crippen LogP contribution is -2.20. The number of carbonyl (C=O) groups is 1. The average molecular weight is 249 g/mol. The Morgan fingerprint density at radius 3 is 3.06 bits per heavy atom. The van der Waals surface area contributed by atoms with E-state index < -0.39 is 0 Å². The number of carbonyl (C=O) groups excluding carboxylic acids is 1. The third-order valence-corrected chi connectivity index (χ3v) is 3.08. The number of H-pyrrole nitrogens is 1. The number of hydrogen-bond acceptors (Lipinski definition) is 4. The molecule has 1 amide bonds. The fourth-order valence-corrected chi connectivity index (χ4v) is 2.21. The third kappa shape index (κ3) is 2.42. The first-order chi connectivity index (χ1) is 8.22. The van der Waals surface area contributed by atoms with Crippen LogP contribution in [0.2, 0.25) is 0 Å². The molecule has 0 aromatic carbocycles. The van der Waals surface area contributed by atoms with Crippen LogP contribution in [0.15, 0.2) is 23.1 Å². The molecule has 5 nitrogen and oxygen atoms in total. The quantitative estimate of drug-likeness (QED) is 0.795. The van der Waals surface area contributed by atoms with Gasteiger partial charge in [-0.2, -0.15) is 0 Å². The predicted octanol–water partition coefficient (Wildman–Crippen LogP) is 1.05. The van der Waals surface area contributed by atoms with Crippen LogP contribution in [0, 0.1) is 6.92 Å². The number of aromatic amines is 1. The summed E-state index contributed by atoms with van der Waals surface area (Å²) in [7, 11) is 0. The zero-order valence-corrected chi connectivity index (χ0v) is 10.0. The van der Waals surface area contributed by atoms with Crippen molar-refractivity contribution in [2.24, 2.45) is 0 Å². The Morgan fingerprint density at radius 1 is 1.59 bits per heavy atom. The van der Waals surface area contributed by atoms with Crippen molar-refractivity contribution in [2.45, 2.75) is 13.5 Å². The maximum absolute atomic E-state index is 11.9. The number of nitrogens with one attached hydrogen (secondary N) is 2. The zero-order chi connectivity index (χ0) is 12.3. The maximum atomic E-state index is 11.9. The minimum absolute atomic E-state index is 0.0843. The van der Waals surface area contributed by atoms with Gasteiger partial charge in [0.15, 0.2) is 5.43 Å². The van der Waals surface area contributed by atoms with Crippen molar-refractivity contribution in [1.82, 2.24) is 14.7 Å². The number of aromatic nitrogens is 2. The van der Waals surface area contributed by atoms with Crippen molar-refractivity contribution in [3.8, 4) is 10.6 Å². The van der Waals surface area contributed by atoms with E-state index in [1.165, 1.54) is 17.6 Å². The largest absolute Gasteiger partial charge is 0.357 e. The molecule has 0 radical (unpaired) electrons. The highest BCUT2D eigenvalue weighted by Crippen LogP contribution is 2.22. The summed E-state index contributed by atoms with van der Waals surface area (Å²) in [6.45, 7) is 2.04. The summed E-state index contributed by atoms with van der Waals surface area (Å²) >= 11 is 1.30. The molecule has 6 heteroatoms. The summed E-state index contributed by atoms with van der Waals surface area (Å²) in [5.74, 6) is 0. The first-order valence-electron chi connectivity index (χ1n) is 5.03. The molecule has 2 aromatic rings. The highest BCUT2D eigenvalue weighted by Gasteiger charge is 2.11. The molecule has 0 spiro atoms. The van der Waals surface area contributed by atoms with Gasteiger partial charge in [0.1, 0.15) is 0 Å². The number of aryl methyl sites for hydroxylation is 1. The minimum Gasteiger partial charge on any atom is -0.357 e. The molecule has 2 rings (SSSR count). The molecule has 0 aliphatic carbocycles. The van der Waals surface area contributed by atoms with E-state index in [1.54, 1.807) is 6.20 Å². The summed E-state index contributed by atoms with van der Waals surface area (Å²) < 4.78 is 4.01. The van der Waals surface area contributed by atoms with E-state index in [2.05, 4.69) is 14.7 Å². The van der Waals surface area contributed by atoms with E-state index in [1.807, 2.05) is 13.0 Å². The Balaban J connectivity index is 2.55. The topological polar surface area (TPSA) is 74.8 Å². The minimum atomic E-state index is -0.0843. The summed E-state index contributed by atoms with van der Waals surface area (Å²) in [6, 6.07) is 3.35. The second-order valence-corrected chi connectivity index (χ2v) is 4.38. The van der Waals surface area contributed by atoms with Crippen LogP contribution in [0.5, 0.6) is 0 Å². The van der Waals surface area contributed by atoms with E-state index in [9.17, 15) is 9.59 Å². The van der Waals surface area contributed by atoms with E-state index >= 15 is 0 Å². The second-order valence-electron chi connectivity index (χ2n) is 3.55. The van der Waals surface area contributed by atoms with Crippen molar-refractivity contribution in [3.05, 3.63) is 39.8 Å². The van der Waals surface area contributed by atoms with Crippen LogP contribution in [0.25, 0.3) is 10.6 Å². The Bertz CT molecular complexity index is 575. The van der Waals surface area contributed by atoms with Gasteiger partial charge >= 0.3 is 0 Å². The maximum Gasteiger partial charge on any atom is 0.207 e. The van der Waals surface area contributed by atoms with E-state index in [-0.39, 0.29) is 12.0 Å². The van der Waals surface area contributed by atoms with Crippen molar-refractivity contribution < 1.29 is 4.79 Å². The Hall–Kier alpha value is -1.95. The van der Waals surface area contributed by atoms with Crippen LogP contribution in [0.4, 0.5) is 0 Å². The summed E-state index contributed by atoms with van der Waals surface area (Å²) in [6.07, 6.45) is 2.26. The van der Waals surface area contributed by atoms with Crippen LogP contribution < -0.4 is 10.7 Å². The molecule has 2 heterocycles. The lowest BCUT2D eigenvalue weighted by Gasteiger charge is -2.07. The van der Waals surface area contributed by atoms with Crippen LogP contribution in [-0.4, -0.2) is 15.8 Å². The molecule has 0 saturated heterocycles. The number of nitrogens with zero attached hydrogens (tertiary/aromatic N) is 1. The van der Waals surface area contributed by atoms with Gasteiger partial charge in [0.05, 0.1) is 10.6 Å². The van der Waals surface area contributed by atoms with Crippen LogP contribution >= 0.6 is 11.5 Å². The van der Waals surface area contributed by atoms with Gasteiger partial charge in [-0.1, -0.05) is 0 Å². The van der Waals surface area contributed by atoms with E-state index in [0.29, 0.717) is 12.0 Å². The van der Waals surface area contributed by atoms with Gasteiger partial charge in [-0.15, -0.1) is 0 Å². The fraction of sp³-hybridized carbons (Fsp3) is 0.182. The molecule has 0 aliphatic rings. The van der Waals surface area contributed by atoms with Crippen molar-refractivity contribution in [3.63, 3.8) is 0 Å². The lowest BCUT2D eigenvalue weighted by molar-refractivity contribution is -0.109. The standard InChI is InChI=1S/C11H11N3O2S/c1-7-4-9(16)8(5-12-6-15)11(14-7)10-2-3-13-17-10/h2-4,6H,5H2,1H3,(H,12,15)(H,14,16). The van der Waals surface area contributed by atoms with Crippen LogP contribution in [0.3, 0.4) is 0 Å². The lowest BCUT2D eigenvalue weighted by atomic mass is 10.1. The SMILES string of the molecule is Cc1cc(=O)c(CNC=O)c(-c2ccns2)[nH]1. The molecular weight excluding hydrogens is 238 g/mol. The third-order valence-electron chi connectivity index (χ3n) is 2.32. The molecule has 0 unspecified atom stereocenters. The number of hydrogen-bond donors (Lipinski definition) is 2. The summed E-state index contributed by atoms with van der Waals surface area (Å²) in [5, 5.41) is 2.51. The van der Waals surface area contributed by atoms with Crippen LogP contribution in [-0.2, 0) is 11.3 Å². The number of rotatable bonds is 4. The summed E-state index contributed by atoms with van der Waals surface area (Å²) in [5.41, 5.74) is 1.98. The molecule has 2 N–H and O–H groups in total. The van der Waals surface area contributed by atoms with E-state index in [0.717, 1.165) is 16.3 Å². The molecule has 0 bridgehead atoms. The zero-order valence-electron chi connectivity index (χ0n) is 9.19. The van der Waals surface area contributed by atoms with Gasteiger partial charge < -0.3 is 10.3 Å². The Labute approximate surface area is 102 Å². The first kappa shape index (κ1) is 11.5. The Morgan fingerprint density at radius 2 is 2.41 bits per heavy atom. The van der Waals surface area contributed by atoms with Gasteiger partial charge in [0, 0.05) is 30.1 Å². The van der Waals surface area contributed by atoms with Crippen molar-refractivity contribution in [2.75, 3.05) is 0 Å². The molecule has 2 aromatic heterocycles. The number of amides is 1. The molecule has 0 atom stereocenters.